The Morgan fingerprint density at radius 1 is 1.43 bits per heavy atom. The molecular weight excluding hydrogens is 260 g/mol. The largest absolute Gasteiger partial charge is 0.330 e. The number of halogens is 1. The van der Waals surface area contributed by atoms with Gasteiger partial charge in [-0.2, -0.15) is 0 Å². The topological polar surface area (TPSA) is 38.9 Å². The molecular formula is C10H15BrN2S. The van der Waals surface area contributed by atoms with Crippen molar-refractivity contribution in [3.8, 4) is 0 Å². The molecule has 1 saturated carbocycles. The molecule has 1 aromatic rings. The zero-order chi connectivity index (χ0) is 10.0. The van der Waals surface area contributed by atoms with Crippen LogP contribution in [0.5, 0.6) is 0 Å². The highest BCUT2D eigenvalue weighted by Gasteiger charge is 2.34. The minimum absolute atomic E-state index is 0.181. The van der Waals surface area contributed by atoms with Crippen LogP contribution in [-0.4, -0.2) is 11.5 Å². The van der Waals surface area contributed by atoms with Crippen molar-refractivity contribution in [2.24, 2.45) is 5.73 Å². The molecule has 2 N–H and O–H groups in total. The Balaban J connectivity index is 2.26. The molecule has 78 valence electrons. The lowest BCUT2D eigenvalue weighted by molar-refractivity contribution is 0.294. The summed E-state index contributed by atoms with van der Waals surface area (Å²) in [4.78, 5) is 4.53. The lowest BCUT2D eigenvalue weighted by atomic mass is 9.72. The molecule has 0 saturated heterocycles. The van der Waals surface area contributed by atoms with Gasteiger partial charge in [-0.1, -0.05) is 19.3 Å². The second-order valence-electron chi connectivity index (χ2n) is 4.03. The van der Waals surface area contributed by atoms with Gasteiger partial charge in [-0.15, -0.1) is 11.3 Å². The van der Waals surface area contributed by atoms with Crippen LogP contribution in [0.15, 0.2) is 9.30 Å². The van der Waals surface area contributed by atoms with E-state index in [1.807, 2.05) is 0 Å². The fourth-order valence-corrected chi connectivity index (χ4v) is 3.42. The van der Waals surface area contributed by atoms with Crippen molar-refractivity contribution in [3.05, 3.63) is 15.0 Å². The van der Waals surface area contributed by atoms with Gasteiger partial charge >= 0.3 is 0 Å². The van der Waals surface area contributed by atoms with Gasteiger partial charge in [0.25, 0.3) is 0 Å². The van der Waals surface area contributed by atoms with E-state index in [4.69, 9.17) is 5.73 Å². The van der Waals surface area contributed by atoms with Crippen LogP contribution >= 0.6 is 27.3 Å². The van der Waals surface area contributed by atoms with E-state index in [0.29, 0.717) is 0 Å². The number of rotatable bonds is 2. The van der Waals surface area contributed by atoms with E-state index in [0.717, 1.165) is 10.5 Å². The predicted molar refractivity (Wildman–Crippen MR) is 63.6 cm³/mol. The summed E-state index contributed by atoms with van der Waals surface area (Å²) < 4.78 is 0.978. The molecule has 2 rings (SSSR count). The first-order chi connectivity index (χ1) is 6.77. The first-order valence-electron chi connectivity index (χ1n) is 5.08. The van der Waals surface area contributed by atoms with Crippen LogP contribution in [0.3, 0.4) is 0 Å². The highest BCUT2D eigenvalue weighted by atomic mass is 79.9. The minimum Gasteiger partial charge on any atom is -0.330 e. The van der Waals surface area contributed by atoms with Gasteiger partial charge in [-0.25, -0.2) is 4.98 Å². The summed E-state index contributed by atoms with van der Waals surface area (Å²) in [5, 5.41) is 2.16. The Morgan fingerprint density at radius 3 is 2.64 bits per heavy atom. The molecule has 0 atom stereocenters. The number of hydrogen-bond acceptors (Lipinski definition) is 3. The standard InChI is InChI=1S/C10H15BrN2S/c11-9-13-8(6-14-9)10(7-12)4-2-1-3-5-10/h6H,1-5,7,12H2. The van der Waals surface area contributed by atoms with E-state index < -0.39 is 0 Å². The van der Waals surface area contributed by atoms with Crippen molar-refractivity contribution in [1.29, 1.82) is 0 Å². The van der Waals surface area contributed by atoms with Gasteiger partial charge < -0.3 is 5.73 Å². The lowest BCUT2D eigenvalue weighted by Crippen LogP contribution is -2.37. The maximum atomic E-state index is 5.93. The molecule has 1 aliphatic carbocycles. The average molecular weight is 275 g/mol. The molecule has 1 fully saturated rings. The van der Waals surface area contributed by atoms with Gasteiger partial charge in [0.1, 0.15) is 0 Å². The Bertz CT molecular complexity index is 305. The Kier molecular flexibility index (Phi) is 3.24. The Hall–Kier alpha value is 0.0700. The summed E-state index contributed by atoms with van der Waals surface area (Å²) in [7, 11) is 0. The quantitative estimate of drug-likeness (QED) is 0.900. The average Bonchev–Trinajstić information content (AvgIpc) is 2.66. The molecule has 1 heterocycles. The summed E-state index contributed by atoms with van der Waals surface area (Å²) in [5.74, 6) is 0. The smallest absolute Gasteiger partial charge is 0.159 e. The van der Waals surface area contributed by atoms with Crippen molar-refractivity contribution < 1.29 is 0 Å². The first kappa shape index (κ1) is 10.6. The summed E-state index contributed by atoms with van der Waals surface area (Å²) in [6.45, 7) is 0.739. The molecule has 2 nitrogen and oxygen atoms in total. The number of nitrogens with zero attached hydrogens (tertiary/aromatic N) is 1. The molecule has 0 aromatic carbocycles. The van der Waals surface area contributed by atoms with Crippen LogP contribution < -0.4 is 5.73 Å². The molecule has 0 radical (unpaired) electrons. The zero-order valence-corrected chi connectivity index (χ0v) is 10.5. The first-order valence-corrected chi connectivity index (χ1v) is 6.76. The second-order valence-corrected chi connectivity index (χ2v) is 6.16. The third kappa shape index (κ3) is 1.88. The van der Waals surface area contributed by atoms with Gasteiger partial charge in [0.2, 0.25) is 0 Å². The summed E-state index contributed by atoms with van der Waals surface area (Å²) in [6.07, 6.45) is 6.37. The van der Waals surface area contributed by atoms with E-state index in [1.54, 1.807) is 11.3 Å². The number of hydrogen-bond donors (Lipinski definition) is 1. The van der Waals surface area contributed by atoms with Crippen molar-refractivity contribution in [2.75, 3.05) is 6.54 Å². The van der Waals surface area contributed by atoms with Gasteiger partial charge in [0.05, 0.1) is 5.69 Å². The van der Waals surface area contributed by atoms with E-state index >= 15 is 0 Å². The van der Waals surface area contributed by atoms with Gasteiger partial charge in [-0.05, 0) is 28.8 Å². The molecule has 0 unspecified atom stereocenters. The summed E-state index contributed by atoms with van der Waals surface area (Å²) in [5.41, 5.74) is 7.32. The second kappa shape index (κ2) is 4.29. The molecule has 0 spiro atoms. The van der Waals surface area contributed by atoms with Gasteiger partial charge in [0.15, 0.2) is 3.92 Å². The zero-order valence-electron chi connectivity index (χ0n) is 8.13. The van der Waals surface area contributed by atoms with E-state index in [9.17, 15) is 0 Å². The van der Waals surface area contributed by atoms with Gasteiger partial charge in [0, 0.05) is 17.3 Å². The fraction of sp³-hybridized carbons (Fsp3) is 0.700. The normalized spacial score (nSPS) is 21.0. The highest BCUT2D eigenvalue weighted by Crippen LogP contribution is 2.39. The molecule has 1 aromatic heterocycles. The Morgan fingerprint density at radius 2 is 2.14 bits per heavy atom. The monoisotopic (exact) mass is 274 g/mol. The third-order valence-electron chi connectivity index (χ3n) is 3.22. The molecule has 14 heavy (non-hydrogen) atoms. The molecule has 4 heteroatoms. The van der Waals surface area contributed by atoms with Crippen molar-refractivity contribution in [3.63, 3.8) is 0 Å². The third-order valence-corrected chi connectivity index (χ3v) is 4.59. The van der Waals surface area contributed by atoms with Crippen LogP contribution in [0, 0.1) is 0 Å². The van der Waals surface area contributed by atoms with Crippen molar-refractivity contribution in [1.82, 2.24) is 4.98 Å². The molecule has 0 amide bonds. The van der Waals surface area contributed by atoms with E-state index in [2.05, 4.69) is 26.3 Å². The summed E-state index contributed by atoms with van der Waals surface area (Å²) in [6, 6.07) is 0. The number of aromatic nitrogens is 1. The maximum absolute atomic E-state index is 5.93. The van der Waals surface area contributed by atoms with Crippen LogP contribution in [0.2, 0.25) is 0 Å². The number of nitrogens with two attached hydrogens (primary N) is 1. The predicted octanol–water partition coefficient (Wildman–Crippen LogP) is 3.07. The molecule has 1 aliphatic rings. The number of thiazole rings is 1. The Labute approximate surface area is 97.0 Å². The van der Waals surface area contributed by atoms with Gasteiger partial charge in [-0.3, -0.25) is 0 Å². The summed E-state index contributed by atoms with van der Waals surface area (Å²) >= 11 is 5.08. The maximum Gasteiger partial charge on any atom is 0.159 e. The van der Waals surface area contributed by atoms with Crippen molar-refractivity contribution in [2.45, 2.75) is 37.5 Å². The van der Waals surface area contributed by atoms with Crippen LogP contribution in [-0.2, 0) is 5.41 Å². The fourth-order valence-electron chi connectivity index (χ4n) is 2.29. The minimum atomic E-state index is 0.181. The van der Waals surface area contributed by atoms with E-state index in [-0.39, 0.29) is 5.41 Å². The highest BCUT2D eigenvalue weighted by molar-refractivity contribution is 9.11. The van der Waals surface area contributed by atoms with Crippen LogP contribution in [0.1, 0.15) is 37.8 Å². The SMILES string of the molecule is NCC1(c2csc(Br)n2)CCCCC1. The molecule has 0 bridgehead atoms. The lowest BCUT2D eigenvalue weighted by Gasteiger charge is -2.34. The van der Waals surface area contributed by atoms with Crippen LogP contribution in [0.25, 0.3) is 0 Å². The van der Waals surface area contributed by atoms with Crippen molar-refractivity contribution >= 4 is 27.3 Å². The van der Waals surface area contributed by atoms with Crippen LogP contribution in [0.4, 0.5) is 0 Å². The van der Waals surface area contributed by atoms with E-state index in [1.165, 1.54) is 37.8 Å². The molecule has 0 aliphatic heterocycles.